The van der Waals surface area contributed by atoms with Crippen molar-refractivity contribution < 1.29 is 9.13 Å². The van der Waals surface area contributed by atoms with Crippen molar-refractivity contribution in [3.05, 3.63) is 23.8 Å². The predicted octanol–water partition coefficient (Wildman–Crippen LogP) is 2.78. The van der Waals surface area contributed by atoms with E-state index in [2.05, 4.69) is 5.32 Å². The van der Waals surface area contributed by atoms with Crippen LogP contribution in [0.15, 0.2) is 18.2 Å². The number of benzene rings is 1. The molecule has 0 bridgehead atoms. The van der Waals surface area contributed by atoms with Crippen LogP contribution in [0.5, 0.6) is 5.75 Å². The van der Waals surface area contributed by atoms with Crippen LogP contribution in [0.4, 0.5) is 10.1 Å². The van der Waals surface area contributed by atoms with Gasteiger partial charge in [-0.2, -0.15) is 0 Å². The molecule has 1 aromatic carbocycles. The first-order valence-corrected chi connectivity index (χ1v) is 5.24. The molecule has 0 aliphatic carbocycles. The second kappa shape index (κ2) is 3.72. The van der Waals surface area contributed by atoms with Gasteiger partial charge in [0, 0.05) is 17.8 Å². The molecule has 0 saturated carbocycles. The summed E-state index contributed by atoms with van der Waals surface area (Å²) < 4.78 is 18.8. The third-order valence-electron chi connectivity index (χ3n) is 2.39. The van der Waals surface area contributed by atoms with Crippen molar-refractivity contribution in [3.63, 3.8) is 0 Å². The second-order valence-electron chi connectivity index (χ2n) is 4.47. The minimum Gasteiger partial charge on any atom is -0.490 e. The van der Waals surface area contributed by atoms with Gasteiger partial charge in [-0.3, -0.25) is 0 Å². The first kappa shape index (κ1) is 10.3. The molecule has 1 aromatic rings. The van der Waals surface area contributed by atoms with Gasteiger partial charge in [0.1, 0.15) is 18.0 Å². The fraction of sp³-hybridized carbons (Fsp3) is 0.500. The Morgan fingerprint density at radius 3 is 3.00 bits per heavy atom. The summed E-state index contributed by atoms with van der Waals surface area (Å²) in [4.78, 5) is 0. The Hall–Kier alpha value is -1.25. The van der Waals surface area contributed by atoms with Gasteiger partial charge in [0.15, 0.2) is 0 Å². The average Bonchev–Trinajstić information content (AvgIpc) is 2.61. The van der Waals surface area contributed by atoms with Gasteiger partial charge in [0.05, 0.1) is 0 Å². The number of alkyl halides is 1. The molecule has 0 spiro atoms. The van der Waals surface area contributed by atoms with Crippen LogP contribution >= 0.6 is 0 Å². The lowest BCUT2D eigenvalue weighted by Crippen LogP contribution is -2.22. The highest BCUT2D eigenvalue weighted by Gasteiger charge is 2.19. The predicted molar refractivity (Wildman–Crippen MR) is 59.3 cm³/mol. The van der Waals surface area contributed by atoms with E-state index < -0.39 is 5.67 Å². The summed E-state index contributed by atoms with van der Waals surface area (Å²) in [6.45, 7) is 4.08. The zero-order chi connectivity index (χ0) is 10.9. The van der Waals surface area contributed by atoms with Gasteiger partial charge < -0.3 is 10.1 Å². The van der Waals surface area contributed by atoms with E-state index in [1.165, 1.54) is 19.4 Å². The van der Waals surface area contributed by atoms with Gasteiger partial charge in [-0.05, 0) is 32.4 Å². The Balaban J connectivity index is 2.12. The summed E-state index contributed by atoms with van der Waals surface area (Å²) in [6, 6.07) is 5.85. The number of hydrogen-bond acceptors (Lipinski definition) is 2. The molecule has 3 heteroatoms. The molecule has 1 heterocycles. The van der Waals surface area contributed by atoms with Crippen molar-refractivity contribution in [2.45, 2.75) is 25.9 Å². The number of nitrogens with one attached hydrogen (secondary N) is 1. The Morgan fingerprint density at radius 2 is 2.27 bits per heavy atom. The van der Waals surface area contributed by atoms with Crippen LogP contribution in [0.25, 0.3) is 0 Å². The van der Waals surface area contributed by atoms with E-state index >= 15 is 0 Å². The van der Waals surface area contributed by atoms with Crippen molar-refractivity contribution in [1.82, 2.24) is 0 Å². The minimum absolute atomic E-state index is 0.101. The average molecular weight is 209 g/mol. The molecule has 1 aliphatic rings. The monoisotopic (exact) mass is 209 g/mol. The van der Waals surface area contributed by atoms with E-state index in [0.29, 0.717) is 0 Å². The molecule has 0 aromatic heterocycles. The van der Waals surface area contributed by atoms with Crippen molar-refractivity contribution in [1.29, 1.82) is 0 Å². The highest BCUT2D eigenvalue weighted by atomic mass is 19.1. The number of fused-ring (bicyclic) bond motifs is 1. The normalized spacial score (nSPS) is 14.6. The molecule has 0 unspecified atom stereocenters. The molecule has 1 N–H and O–H groups in total. The summed E-state index contributed by atoms with van der Waals surface area (Å²) in [5, 5.41) is 3.26. The van der Waals surface area contributed by atoms with Crippen LogP contribution in [0.1, 0.15) is 19.4 Å². The van der Waals surface area contributed by atoms with Crippen LogP contribution in [0.3, 0.4) is 0 Å². The molecule has 82 valence electrons. The summed E-state index contributed by atoms with van der Waals surface area (Å²) >= 11 is 0. The van der Waals surface area contributed by atoms with Crippen LogP contribution < -0.4 is 10.1 Å². The lowest BCUT2D eigenvalue weighted by atomic mass is 10.1. The van der Waals surface area contributed by atoms with Gasteiger partial charge in [0.2, 0.25) is 0 Å². The van der Waals surface area contributed by atoms with E-state index in [9.17, 15) is 4.39 Å². The van der Waals surface area contributed by atoms with E-state index in [0.717, 1.165) is 24.4 Å². The molecule has 0 radical (unpaired) electrons. The quantitative estimate of drug-likeness (QED) is 0.826. The van der Waals surface area contributed by atoms with Crippen molar-refractivity contribution in [2.75, 3.05) is 18.5 Å². The number of hydrogen-bond donors (Lipinski definition) is 1. The fourth-order valence-electron chi connectivity index (χ4n) is 1.70. The lowest BCUT2D eigenvalue weighted by molar-refractivity contribution is 0.120. The van der Waals surface area contributed by atoms with Gasteiger partial charge in [-0.15, -0.1) is 0 Å². The Bertz CT molecular complexity index is 357. The molecule has 0 amide bonds. The first-order chi connectivity index (χ1) is 7.06. The molecular formula is C12H16FNO. The highest BCUT2D eigenvalue weighted by molar-refractivity contribution is 5.61. The van der Waals surface area contributed by atoms with Crippen molar-refractivity contribution in [2.24, 2.45) is 0 Å². The largest absolute Gasteiger partial charge is 0.490 e. The van der Waals surface area contributed by atoms with Crippen LogP contribution in [-0.2, 0) is 6.42 Å². The van der Waals surface area contributed by atoms with Crippen molar-refractivity contribution >= 4 is 5.69 Å². The molecule has 2 nitrogen and oxygen atoms in total. The standard InChI is InChI=1S/C12H16FNO/c1-12(2,13)8-15-11-5-3-4-10-9(11)6-7-14-10/h3-5,14H,6-8H2,1-2H3. The van der Waals surface area contributed by atoms with Gasteiger partial charge in [-0.1, -0.05) is 6.07 Å². The smallest absolute Gasteiger partial charge is 0.139 e. The van der Waals surface area contributed by atoms with Crippen LogP contribution in [0.2, 0.25) is 0 Å². The van der Waals surface area contributed by atoms with E-state index in [1.54, 1.807) is 0 Å². The maximum atomic E-state index is 13.3. The minimum atomic E-state index is -1.28. The number of halogens is 1. The zero-order valence-electron chi connectivity index (χ0n) is 9.14. The third-order valence-corrected chi connectivity index (χ3v) is 2.39. The topological polar surface area (TPSA) is 21.3 Å². The maximum Gasteiger partial charge on any atom is 0.139 e. The number of anilines is 1. The van der Waals surface area contributed by atoms with Crippen molar-refractivity contribution in [3.8, 4) is 5.75 Å². The Morgan fingerprint density at radius 1 is 1.47 bits per heavy atom. The zero-order valence-corrected chi connectivity index (χ0v) is 9.14. The molecule has 0 fully saturated rings. The van der Waals surface area contributed by atoms with Gasteiger partial charge in [-0.25, -0.2) is 4.39 Å². The second-order valence-corrected chi connectivity index (χ2v) is 4.47. The Kier molecular flexibility index (Phi) is 2.55. The molecule has 2 rings (SSSR count). The van der Waals surface area contributed by atoms with Crippen LogP contribution in [0, 0.1) is 0 Å². The fourth-order valence-corrected chi connectivity index (χ4v) is 1.70. The van der Waals surface area contributed by atoms with E-state index in [-0.39, 0.29) is 6.61 Å². The molecule has 15 heavy (non-hydrogen) atoms. The van der Waals surface area contributed by atoms with Crippen LogP contribution in [-0.4, -0.2) is 18.8 Å². The summed E-state index contributed by atoms with van der Waals surface area (Å²) in [7, 11) is 0. The third kappa shape index (κ3) is 2.41. The molecular weight excluding hydrogens is 193 g/mol. The lowest BCUT2D eigenvalue weighted by Gasteiger charge is -2.16. The summed E-state index contributed by atoms with van der Waals surface area (Å²) in [5.74, 6) is 0.809. The summed E-state index contributed by atoms with van der Waals surface area (Å²) in [5.41, 5.74) is 1.00. The van der Waals surface area contributed by atoms with E-state index in [4.69, 9.17) is 4.74 Å². The molecule has 0 saturated heterocycles. The van der Waals surface area contributed by atoms with Gasteiger partial charge >= 0.3 is 0 Å². The molecule has 0 atom stereocenters. The maximum absolute atomic E-state index is 13.3. The summed E-state index contributed by atoms with van der Waals surface area (Å²) in [6.07, 6.45) is 0.957. The SMILES string of the molecule is CC(C)(F)COc1cccc2c1CCN2. The molecule has 1 aliphatic heterocycles. The highest BCUT2D eigenvalue weighted by Crippen LogP contribution is 2.31. The van der Waals surface area contributed by atoms with Gasteiger partial charge in [0.25, 0.3) is 0 Å². The van der Waals surface area contributed by atoms with E-state index in [1.807, 2.05) is 18.2 Å². The first-order valence-electron chi connectivity index (χ1n) is 5.24. The number of ether oxygens (including phenoxy) is 1. The Labute approximate surface area is 89.4 Å². The number of rotatable bonds is 3.